The van der Waals surface area contributed by atoms with Crippen molar-refractivity contribution in [3.8, 4) is 0 Å². The van der Waals surface area contributed by atoms with Gasteiger partial charge in [0.25, 0.3) is 0 Å². The molecule has 0 N–H and O–H groups in total. The Bertz CT molecular complexity index is 127. The second kappa shape index (κ2) is 5.51. The zero-order valence-electron chi connectivity index (χ0n) is 8.62. The van der Waals surface area contributed by atoms with E-state index in [1.165, 1.54) is 0 Å². The highest BCUT2D eigenvalue weighted by Gasteiger charge is 2.27. The van der Waals surface area contributed by atoms with Gasteiger partial charge in [-0.2, -0.15) is 13.2 Å². The van der Waals surface area contributed by atoms with Crippen molar-refractivity contribution in [1.29, 1.82) is 0 Å². The molecule has 0 aromatic heterocycles. The van der Waals surface area contributed by atoms with Crippen LogP contribution < -0.4 is 0 Å². The van der Waals surface area contributed by atoms with Crippen molar-refractivity contribution < 1.29 is 13.2 Å². The molecule has 0 radical (unpaired) electrons. The van der Waals surface area contributed by atoms with Crippen LogP contribution in [0.4, 0.5) is 13.2 Å². The fraction of sp³-hybridized carbons (Fsp3) is 1.00. The van der Waals surface area contributed by atoms with Crippen molar-refractivity contribution in [3.63, 3.8) is 0 Å². The Morgan fingerprint density at radius 1 is 1.15 bits per heavy atom. The molecule has 0 aromatic rings. The highest BCUT2D eigenvalue weighted by atomic mass is 19.4. The van der Waals surface area contributed by atoms with E-state index in [0.29, 0.717) is 5.92 Å². The van der Waals surface area contributed by atoms with Gasteiger partial charge in [0, 0.05) is 6.42 Å². The van der Waals surface area contributed by atoms with Gasteiger partial charge in [0.1, 0.15) is 0 Å². The first-order valence-electron chi connectivity index (χ1n) is 4.92. The lowest BCUT2D eigenvalue weighted by molar-refractivity contribution is -0.137. The quantitative estimate of drug-likeness (QED) is 0.611. The molecule has 0 aromatic carbocycles. The molecule has 13 heavy (non-hydrogen) atoms. The van der Waals surface area contributed by atoms with E-state index < -0.39 is 12.6 Å². The minimum Gasteiger partial charge on any atom is -0.171 e. The third-order valence-electron chi connectivity index (χ3n) is 2.22. The molecule has 0 nitrogen and oxygen atoms in total. The predicted octanol–water partition coefficient (Wildman–Crippen LogP) is 4.40. The summed E-state index contributed by atoms with van der Waals surface area (Å²) in [6.45, 7) is 6.07. The molecule has 0 saturated carbocycles. The SMILES string of the molecule is CCC(CCC(F)(F)F)CC(C)C. The minimum absolute atomic E-state index is 0.238. The van der Waals surface area contributed by atoms with Gasteiger partial charge >= 0.3 is 6.18 Å². The Labute approximate surface area is 78.5 Å². The van der Waals surface area contributed by atoms with Gasteiger partial charge in [-0.3, -0.25) is 0 Å². The maximum atomic E-state index is 11.9. The van der Waals surface area contributed by atoms with E-state index in [4.69, 9.17) is 0 Å². The molecule has 3 heteroatoms. The van der Waals surface area contributed by atoms with Crippen LogP contribution in [0.1, 0.15) is 46.5 Å². The van der Waals surface area contributed by atoms with Crippen LogP contribution in [0.25, 0.3) is 0 Å². The van der Waals surface area contributed by atoms with E-state index in [1.807, 2.05) is 6.92 Å². The summed E-state index contributed by atoms with van der Waals surface area (Å²) in [5.41, 5.74) is 0. The molecule has 0 aliphatic heterocycles. The van der Waals surface area contributed by atoms with Gasteiger partial charge in [-0.25, -0.2) is 0 Å². The first kappa shape index (κ1) is 12.8. The number of hydrogen-bond donors (Lipinski definition) is 0. The van der Waals surface area contributed by atoms with Gasteiger partial charge in [-0.1, -0.05) is 27.2 Å². The van der Waals surface area contributed by atoms with Crippen molar-refractivity contribution in [2.45, 2.75) is 52.6 Å². The van der Waals surface area contributed by atoms with E-state index in [2.05, 4.69) is 13.8 Å². The number of rotatable bonds is 5. The van der Waals surface area contributed by atoms with Gasteiger partial charge in [0.15, 0.2) is 0 Å². The summed E-state index contributed by atoms with van der Waals surface area (Å²) >= 11 is 0. The summed E-state index contributed by atoms with van der Waals surface area (Å²) in [6, 6.07) is 0. The van der Waals surface area contributed by atoms with Crippen LogP contribution in [0.15, 0.2) is 0 Å². The molecular formula is C10H19F3. The lowest BCUT2D eigenvalue weighted by atomic mass is 9.91. The first-order chi connectivity index (χ1) is 5.85. The molecule has 0 aliphatic rings. The Balaban J connectivity index is 3.72. The molecule has 0 bridgehead atoms. The summed E-state index contributed by atoms with van der Waals surface area (Å²) in [6.07, 6.45) is -2.55. The summed E-state index contributed by atoms with van der Waals surface area (Å²) in [5, 5.41) is 0. The first-order valence-corrected chi connectivity index (χ1v) is 4.92. The second-order valence-electron chi connectivity index (χ2n) is 4.06. The fourth-order valence-corrected chi connectivity index (χ4v) is 1.52. The zero-order chi connectivity index (χ0) is 10.5. The Morgan fingerprint density at radius 2 is 1.69 bits per heavy atom. The third kappa shape index (κ3) is 8.13. The molecule has 0 spiro atoms. The van der Waals surface area contributed by atoms with E-state index in [1.54, 1.807) is 0 Å². The minimum atomic E-state index is -3.98. The van der Waals surface area contributed by atoms with Crippen LogP contribution >= 0.6 is 0 Å². The molecule has 0 heterocycles. The zero-order valence-corrected chi connectivity index (χ0v) is 8.62. The van der Waals surface area contributed by atoms with E-state index in [0.717, 1.165) is 12.8 Å². The Kier molecular flexibility index (Phi) is 5.42. The van der Waals surface area contributed by atoms with E-state index >= 15 is 0 Å². The van der Waals surface area contributed by atoms with Crippen molar-refractivity contribution in [2.24, 2.45) is 11.8 Å². The highest BCUT2D eigenvalue weighted by molar-refractivity contribution is 4.62. The molecule has 0 amide bonds. The summed E-state index contributed by atoms with van der Waals surface area (Å²) in [5.74, 6) is 0.736. The smallest absolute Gasteiger partial charge is 0.171 e. The topological polar surface area (TPSA) is 0 Å². The molecule has 1 unspecified atom stereocenters. The van der Waals surface area contributed by atoms with Crippen molar-refractivity contribution in [2.75, 3.05) is 0 Å². The number of hydrogen-bond acceptors (Lipinski definition) is 0. The summed E-state index contributed by atoms with van der Waals surface area (Å²) in [4.78, 5) is 0. The average molecular weight is 196 g/mol. The van der Waals surface area contributed by atoms with Crippen LogP contribution in [-0.2, 0) is 0 Å². The fourth-order valence-electron chi connectivity index (χ4n) is 1.52. The average Bonchev–Trinajstić information content (AvgIpc) is 1.95. The largest absolute Gasteiger partial charge is 0.389 e. The maximum Gasteiger partial charge on any atom is 0.389 e. The van der Waals surface area contributed by atoms with Crippen molar-refractivity contribution >= 4 is 0 Å². The van der Waals surface area contributed by atoms with Crippen LogP contribution in [-0.4, -0.2) is 6.18 Å². The van der Waals surface area contributed by atoms with E-state index in [-0.39, 0.29) is 12.3 Å². The van der Waals surface area contributed by atoms with Gasteiger partial charge in [0.2, 0.25) is 0 Å². The molecular weight excluding hydrogens is 177 g/mol. The monoisotopic (exact) mass is 196 g/mol. The molecule has 0 aliphatic carbocycles. The normalized spacial score (nSPS) is 15.0. The van der Waals surface area contributed by atoms with Crippen LogP contribution in [0, 0.1) is 11.8 Å². The molecule has 0 saturated heterocycles. The number of alkyl halides is 3. The van der Waals surface area contributed by atoms with Crippen molar-refractivity contribution in [3.05, 3.63) is 0 Å². The summed E-state index contributed by atoms with van der Waals surface area (Å²) < 4.78 is 35.7. The summed E-state index contributed by atoms with van der Waals surface area (Å²) in [7, 11) is 0. The molecule has 80 valence electrons. The lowest BCUT2D eigenvalue weighted by Gasteiger charge is -2.17. The maximum absolute atomic E-state index is 11.9. The van der Waals surface area contributed by atoms with Gasteiger partial charge in [-0.15, -0.1) is 0 Å². The van der Waals surface area contributed by atoms with Gasteiger partial charge < -0.3 is 0 Å². The third-order valence-corrected chi connectivity index (χ3v) is 2.22. The van der Waals surface area contributed by atoms with Crippen LogP contribution in [0.3, 0.4) is 0 Å². The van der Waals surface area contributed by atoms with Crippen molar-refractivity contribution in [1.82, 2.24) is 0 Å². The highest BCUT2D eigenvalue weighted by Crippen LogP contribution is 2.28. The lowest BCUT2D eigenvalue weighted by Crippen LogP contribution is -2.12. The van der Waals surface area contributed by atoms with Gasteiger partial charge in [-0.05, 0) is 24.7 Å². The second-order valence-corrected chi connectivity index (χ2v) is 4.06. The molecule has 1 atom stereocenters. The van der Waals surface area contributed by atoms with E-state index in [9.17, 15) is 13.2 Å². The molecule has 0 rings (SSSR count). The Morgan fingerprint density at radius 3 is 2.00 bits per heavy atom. The number of halogens is 3. The predicted molar refractivity (Wildman–Crippen MR) is 48.5 cm³/mol. The van der Waals surface area contributed by atoms with Gasteiger partial charge in [0.05, 0.1) is 0 Å². The Hall–Kier alpha value is -0.210. The van der Waals surface area contributed by atoms with Crippen LogP contribution in [0.2, 0.25) is 0 Å². The van der Waals surface area contributed by atoms with Crippen LogP contribution in [0.5, 0.6) is 0 Å². The molecule has 0 fully saturated rings. The standard InChI is InChI=1S/C10H19F3/c1-4-9(7-8(2)3)5-6-10(11,12)13/h8-9H,4-7H2,1-3H3.